The second-order valence-electron chi connectivity index (χ2n) is 5.38. The Hall–Kier alpha value is -0.910. The van der Waals surface area contributed by atoms with Gasteiger partial charge in [0.25, 0.3) is 0 Å². The molecule has 1 amide bonds. The number of rotatable bonds is 3. The van der Waals surface area contributed by atoms with Crippen molar-refractivity contribution in [2.75, 3.05) is 32.7 Å². The summed E-state index contributed by atoms with van der Waals surface area (Å²) in [4.78, 5) is 16.7. The van der Waals surface area contributed by atoms with Crippen LogP contribution in [0.15, 0.2) is 16.8 Å². The Balaban J connectivity index is 1.47. The summed E-state index contributed by atoms with van der Waals surface area (Å²) in [6.45, 7) is 5.76. The van der Waals surface area contributed by atoms with Gasteiger partial charge in [-0.05, 0) is 41.8 Å². The molecule has 3 rings (SSSR count). The van der Waals surface area contributed by atoms with Crippen LogP contribution in [0.1, 0.15) is 18.4 Å². The van der Waals surface area contributed by atoms with E-state index in [0.717, 1.165) is 52.1 Å². The maximum atomic E-state index is 12.3. The molecule has 104 valence electrons. The number of thiophene rings is 1. The van der Waals surface area contributed by atoms with Gasteiger partial charge < -0.3 is 10.2 Å². The Morgan fingerprint density at radius 2 is 2.21 bits per heavy atom. The number of amides is 1. The summed E-state index contributed by atoms with van der Waals surface area (Å²) in [7, 11) is 0. The second kappa shape index (κ2) is 6.03. The molecule has 0 aliphatic carbocycles. The van der Waals surface area contributed by atoms with Crippen LogP contribution in [0.4, 0.5) is 0 Å². The van der Waals surface area contributed by atoms with Crippen LogP contribution in [0, 0.1) is 0 Å². The van der Waals surface area contributed by atoms with Gasteiger partial charge in [-0.15, -0.1) is 0 Å². The van der Waals surface area contributed by atoms with Crippen molar-refractivity contribution in [3.05, 3.63) is 22.4 Å². The van der Waals surface area contributed by atoms with Crippen LogP contribution < -0.4 is 5.32 Å². The molecule has 0 unspecified atom stereocenters. The molecule has 2 saturated heterocycles. The number of carbonyl (C=O) groups is 1. The van der Waals surface area contributed by atoms with Crippen LogP contribution in [0.5, 0.6) is 0 Å². The molecule has 2 aliphatic heterocycles. The lowest BCUT2D eigenvalue weighted by Gasteiger charge is -2.35. The molecule has 0 aromatic carbocycles. The maximum Gasteiger partial charge on any atom is 0.239 e. The average Bonchev–Trinajstić information content (AvgIpc) is 3.12. The molecule has 5 heteroatoms. The molecule has 0 bridgehead atoms. The molecule has 2 fully saturated rings. The van der Waals surface area contributed by atoms with E-state index in [1.807, 2.05) is 4.90 Å². The van der Waals surface area contributed by atoms with Gasteiger partial charge in [-0.3, -0.25) is 9.69 Å². The Bertz CT molecular complexity index is 406. The van der Waals surface area contributed by atoms with Gasteiger partial charge in [0.2, 0.25) is 5.91 Å². The molecule has 19 heavy (non-hydrogen) atoms. The third kappa shape index (κ3) is 3.16. The number of hydrogen-bond acceptors (Lipinski definition) is 4. The second-order valence-corrected chi connectivity index (χ2v) is 6.16. The molecule has 2 aliphatic rings. The Labute approximate surface area is 118 Å². The van der Waals surface area contributed by atoms with Crippen molar-refractivity contribution < 1.29 is 4.79 Å². The number of nitrogens with one attached hydrogen (secondary N) is 1. The summed E-state index contributed by atoms with van der Waals surface area (Å²) in [5, 5.41) is 7.63. The fourth-order valence-electron chi connectivity index (χ4n) is 2.88. The Morgan fingerprint density at radius 1 is 1.37 bits per heavy atom. The van der Waals surface area contributed by atoms with Crippen molar-refractivity contribution in [2.24, 2.45) is 0 Å². The number of piperazine rings is 1. The fraction of sp³-hybridized carbons (Fsp3) is 0.643. The highest BCUT2D eigenvalue weighted by atomic mass is 32.1. The molecule has 3 heterocycles. The molecule has 4 nitrogen and oxygen atoms in total. The Morgan fingerprint density at radius 3 is 2.84 bits per heavy atom. The van der Waals surface area contributed by atoms with Crippen molar-refractivity contribution in [1.29, 1.82) is 0 Å². The van der Waals surface area contributed by atoms with E-state index in [4.69, 9.17) is 0 Å². The summed E-state index contributed by atoms with van der Waals surface area (Å²) < 4.78 is 0. The van der Waals surface area contributed by atoms with Crippen molar-refractivity contribution in [3.63, 3.8) is 0 Å². The van der Waals surface area contributed by atoms with Crippen LogP contribution in [-0.2, 0) is 11.3 Å². The van der Waals surface area contributed by atoms with Crippen molar-refractivity contribution >= 4 is 17.2 Å². The lowest BCUT2D eigenvalue weighted by Crippen LogP contribution is -2.52. The van der Waals surface area contributed by atoms with E-state index in [0.29, 0.717) is 5.91 Å². The molecule has 1 N–H and O–H groups in total. The molecule has 1 aromatic heterocycles. The van der Waals surface area contributed by atoms with Gasteiger partial charge in [0.1, 0.15) is 0 Å². The first kappa shape index (κ1) is 13.1. The zero-order valence-electron chi connectivity index (χ0n) is 11.2. The summed E-state index contributed by atoms with van der Waals surface area (Å²) in [5.41, 5.74) is 1.39. The van der Waals surface area contributed by atoms with E-state index in [-0.39, 0.29) is 6.04 Å². The lowest BCUT2D eigenvalue weighted by atomic mass is 10.2. The summed E-state index contributed by atoms with van der Waals surface area (Å²) in [6, 6.07) is 2.27. The summed E-state index contributed by atoms with van der Waals surface area (Å²) in [6.07, 6.45) is 2.14. The van der Waals surface area contributed by atoms with Crippen LogP contribution in [0.25, 0.3) is 0 Å². The summed E-state index contributed by atoms with van der Waals surface area (Å²) in [5.74, 6) is 0.313. The summed E-state index contributed by atoms with van der Waals surface area (Å²) >= 11 is 1.75. The van der Waals surface area contributed by atoms with E-state index in [9.17, 15) is 4.79 Å². The van der Waals surface area contributed by atoms with Crippen molar-refractivity contribution in [3.8, 4) is 0 Å². The maximum absolute atomic E-state index is 12.3. The molecule has 0 radical (unpaired) electrons. The highest BCUT2D eigenvalue weighted by Crippen LogP contribution is 2.14. The van der Waals surface area contributed by atoms with Gasteiger partial charge in [-0.2, -0.15) is 11.3 Å². The quantitative estimate of drug-likeness (QED) is 0.901. The first-order valence-electron chi connectivity index (χ1n) is 7.08. The highest BCUT2D eigenvalue weighted by Gasteiger charge is 2.28. The number of nitrogens with zero attached hydrogens (tertiary/aromatic N) is 2. The van der Waals surface area contributed by atoms with Gasteiger partial charge in [-0.1, -0.05) is 0 Å². The zero-order valence-corrected chi connectivity index (χ0v) is 12.0. The van der Waals surface area contributed by atoms with Crippen molar-refractivity contribution in [1.82, 2.24) is 15.1 Å². The first-order valence-corrected chi connectivity index (χ1v) is 8.03. The number of carbonyl (C=O) groups excluding carboxylic acids is 1. The van der Waals surface area contributed by atoms with Crippen LogP contribution in [0.3, 0.4) is 0 Å². The predicted molar refractivity (Wildman–Crippen MR) is 77.2 cm³/mol. The van der Waals surface area contributed by atoms with Crippen LogP contribution in [-0.4, -0.2) is 54.5 Å². The standard InChI is InChI=1S/C14H21N3OS/c18-14(13-2-1-4-15-13)17-7-5-16(6-8-17)10-12-3-9-19-11-12/h3,9,11,13,15H,1-2,4-8,10H2/t13-/m0/s1. The smallest absolute Gasteiger partial charge is 0.239 e. The minimum absolute atomic E-state index is 0.0865. The fourth-order valence-corrected chi connectivity index (χ4v) is 3.54. The van der Waals surface area contributed by atoms with E-state index >= 15 is 0 Å². The first-order chi connectivity index (χ1) is 9.33. The van der Waals surface area contributed by atoms with Crippen LogP contribution >= 0.6 is 11.3 Å². The SMILES string of the molecule is O=C([C@@H]1CCCN1)N1CCN(Cc2ccsc2)CC1. The minimum Gasteiger partial charge on any atom is -0.339 e. The number of hydrogen-bond donors (Lipinski definition) is 1. The minimum atomic E-state index is 0.0865. The van der Waals surface area contributed by atoms with Gasteiger partial charge >= 0.3 is 0 Å². The predicted octanol–water partition coefficient (Wildman–Crippen LogP) is 1.14. The molecule has 0 spiro atoms. The van der Waals surface area contributed by atoms with Crippen LogP contribution in [0.2, 0.25) is 0 Å². The van der Waals surface area contributed by atoms with E-state index in [2.05, 4.69) is 27.0 Å². The van der Waals surface area contributed by atoms with E-state index < -0.39 is 0 Å². The van der Waals surface area contributed by atoms with Crippen molar-refractivity contribution in [2.45, 2.75) is 25.4 Å². The van der Waals surface area contributed by atoms with Gasteiger partial charge in [0, 0.05) is 32.7 Å². The zero-order chi connectivity index (χ0) is 13.1. The third-order valence-electron chi connectivity index (χ3n) is 4.03. The van der Waals surface area contributed by atoms with Gasteiger partial charge in [0.05, 0.1) is 6.04 Å². The Kier molecular flexibility index (Phi) is 4.15. The molecular formula is C14H21N3OS. The monoisotopic (exact) mass is 279 g/mol. The molecular weight excluding hydrogens is 258 g/mol. The van der Waals surface area contributed by atoms with E-state index in [1.165, 1.54) is 5.56 Å². The van der Waals surface area contributed by atoms with Gasteiger partial charge in [-0.25, -0.2) is 0 Å². The molecule has 1 atom stereocenters. The molecule has 0 saturated carbocycles. The topological polar surface area (TPSA) is 35.6 Å². The molecule has 1 aromatic rings. The lowest BCUT2D eigenvalue weighted by molar-refractivity contribution is -0.134. The average molecular weight is 279 g/mol. The highest BCUT2D eigenvalue weighted by molar-refractivity contribution is 7.07. The van der Waals surface area contributed by atoms with E-state index in [1.54, 1.807) is 11.3 Å². The largest absolute Gasteiger partial charge is 0.339 e. The third-order valence-corrected chi connectivity index (χ3v) is 4.76. The van der Waals surface area contributed by atoms with Gasteiger partial charge in [0.15, 0.2) is 0 Å². The normalized spacial score (nSPS) is 24.8.